The molecule has 144 valence electrons. The Morgan fingerprint density at radius 2 is 1.64 bits per heavy atom. The van der Waals surface area contributed by atoms with Gasteiger partial charge in [0.25, 0.3) is 0 Å². The summed E-state index contributed by atoms with van der Waals surface area (Å²) in [6.07, 6.45) is 13.1. The fraction of sp³-hybridized carbons (Fsp3) is 0.842. The van der Waals surface area contributed by atoms with Crippen LogP contribution in [0, 0.1) is 16.7 Å². The van der Waals surface area contributed by atoms with Crippen molar-refractivity contribution in [2.45, 2.75) is 84.0 Å². The van der Waals surface area contributed by atoms with Crippen LogP contribution in [0.1, 0.15) is 84.0 Å². The molecule has 0 heterocycles. The van der Waals surface area contributed by atoms with Gasteiger partial charge in [0.05, 0.1) is 10.3 Å². The Hall–Kier alpha value is -0.250. The lowest BCUT2D eigenvalue weighted by Crippen LogP contribution is -2.29. The average Bonchev–Trinajstić information content (AvgIpc) is 2.60. The Balaban J connectivity index is 3.83. The van der Waals surface area contributed by atoms with Gasteiger partial charge in [-0.2, -0.15) is 17.9 Å². The normalized spacial score (nSPS) is 13.2. The van der Waals surface area contributed by atoms with E-state index in [9.17, 15) is 10.1 Å². The molecule has 1 unspecified atom stereocenters. The van der Waals surface area contributed by atoms with E-state index in [0.717, 1.165) is 12.2 Å². The first-order valence-corrected chi connectivity index (χ1v) is 11.5. The summed E-state index contributed by atoms with van der Waals surface area (Å²) in [5.74, 6) is 0.282. The first-order chi connectivity index (χ1) is 12.0. The second-order valence-electron chi connectivity index (χ2n) is 6.56. The van der Waals surface area contributed by atoms with E-state index in [4.69, 9.17) is 17.3 Å². The third kappa shape index (κ3) is 11.9. The van der Waals surface area contributed by atoms with E-state index in [-0.39, 0.29) is 18.6 Å². The van der Waals surface area contributed by atoms with Crippen LogP contribution >= 0.6 is 36.6 Å². The minimum absolute atomic E-state index is 0.0485. The number of carbonyl (C=O) groups is 1. The number of thiol groups is 1. The molecule has 0 fully saturated rings. The molecule has 0 aliphatic heterocycles. The van der Waals surface area contributed by atoms with E-state index in [0.29, 0.717) is 4.20 Å². The number of rotatable bonds is 16. The van der Waals surface area contributed by atoms with Crippen molar-refractivity contribution in [2.24, 2.45) is 5.41 Å². The van der Waals surface area contributed by atoms with Gasteiger partial charge in [0.15, 0.2) is 0 Å². The molecule has 25 heavy (non-hydrogen) atoms. The SMILES string of the molecule is CCCCCCCCCCCCSC(=S)C(C#N)(CS)CCC(=O)O. The fourth-order valence-electron chi connectivity index (χ4n) is 2.60. The molecule has 6 heteroatoms. The number of nitrogens with zero attached hydrogens (tertiary/aromatic N) is 1. The zero-order valence-electron chi connectivity index (χ0n) is 15.5. The Bertz CT molecular complexity index is 423. The molecule has 0 spiro atoms. The van der Waals surface area contributed by atoms with Gasteiger partial charge in [-0.15, -0.1) is 11.8 Å². The fourth-order valence-corrected chi connectivity index (χ4v) is 4.70. The van der Waals surface area contributed by atoms with Crippen LogP contribution in [-0.2, 0) is 4.79 Å². The zero-order valence-corrected chi connectivity index (χ0v) is 18.0. The standard InChI is InChI=1S/C19H33NO2S3/c1-2-3-4-5-6-7-8-9-10-11-14-25-18(24)19(15-20,16-23)13-12-17(21)22/h23H,2-14,16H2,1H3,(H,21,22). The molecule has 0 bridgehead atoms. The molecule has 0 amide bonds. The molecule has 0 aromatic carbocycles. The van der Waals surface area contributed by atoms with Crippen LogP contribution in [0.2, 0.25) is 0 Å². The van der Waals surface area contributed by atoms with Crippen molar-refractivity contribution < 1.29 is 9.90 Å². The number of thioether (sulfide) groups is 1. The smallest absolute Gasteiger partial charge is 0.303 e. The summed E-state index contributed by atoms with van der Waals surface area (Å²) in [5, 5.41) is 18.3. The highest BCUT2D eigenvalue weighted by atomic mass is 32.2. The van der Waals surface area contributed by atoms with Gasteiger partial charge in [0.1, 0.15) is 5.41 Å². The van der Waals surface area contributed by atoms with E-state index in [2.05, 4.69) is 25.6 Å². The molecule has 0 aromatic rings. The molecular formula is C19H33NO2S3. The summed E-state index contributed by atoms with van der Waals surface area (Å²) in [4.78, 5) is 10.8. The summed E-state index contributed by atoms with van der Waals surface area (Å²) in [6, 6.07) is 2.21. The molecular weight excluding hydrogens is 370 g/mol. The maximum absolute atomic E-state index is 10.8. The molecule has 0 rings (SSSR count). The Labute approximate surface area is 168 Å². The van der Waals surface area contributed by atoms with Crippen molar-refractivity contribution >= 4 is 46.8 Å². The number of carboxylic acids is 1. The van der Waals surface area contributed by atoms with Crippen LogP contribution in [-0.4, -0.2) is 26.8 Å². The van der Waals surface area contributed by atoms with Gasteiger partial charge in [0.2, 0.25) is 0 Å². The number of carboxylic acid groups (broad SMARTS) is 1. The van der Waals surface area contributed by atoms with Crippen molar-refractivity contribution in [1.82, 2.24) is 0 Å². The van der Waals surface area contributed by atoms with Crippen molar-refractivity contribution in [2.75, 3.05) is 11.5 Å². The lowest BCUT2D eigenvalue weighted by atomic mass is 9.89. The molecule has 0 saturated carbocycles. The Kier molecular flexibility index (Phi) is 15.8. The minimum atomic E-state index is -0.903. The number of unbranched alkanes of at least 4 members (excludes halogenated alkanes) is 9. The van der Waals surface area contributed by atoms with E-state index < -0.39 is 11.4 Å². The maximum Gasteiger partial charge on any atom is 0.303 e. The number of hydrogen-bond acceptors (Lipinski definition) is 5. The summed E-state index contributed by atoms with van der Waals surface area (Å²) >= 11 is 11.2. The third-order valence-corrected chi connectivity index (χ3v) is 6.80. The van der Waals surface area contributed by atoms with Gasteiger partial charge in [-0.25, -0.2) is 0 Å². The van der Waals surface area contributed by atoms with Crippen molar-refractivity contribution in [1.29, 1.82) is 5.26 Å². The largest absolute Gasteiger partial charge is 0.481 e. The number of aliphatic carboxylic acids is 1. The highest BCUT2D eigenvalue weighted by Gasteiger charge is 2.34. The number of hydrogen-bond donors (Lipinski definition) is 2. The van der Waals surface area contributed by atoms with Gasteiger partial charge in [-0.1, -0.05) is 76.9 Å². The van der Waals surface area contributed by atoms with Gasteiger partial charge >= 0.3 is 5.97 Å². The van der Waals surface area contributed by atoms with Crippen LogP contribution in [0.3, 0.4) is 0 Å². The third-order valence-electron chi connectivity index (χ3n) is 4.37. The van der Waals surface area contributed by atoms with Crippen LogP contribution in [0.15, 0.2) is 0 Å². The molecule has 0 aliphatic carbocycles. The number of thiocarbonyl (C=S) groups is 1. The number of nitriles is 1. The lowest BCUT2D eigenvalue weighted by molar-refractivity contribution is -0.137. The van der Waals surface area contributed by atoms with Gasteiger partial charge in [-0.3, -0.25) is 4.79 Å². The average molecular weight is 404 g/mol. The van der Waals surface area contributed by atoms with Crippen LogP contribution in [0.25, 0.3) is 0 Å². The second kappa shape index (κ2) is 16.0. The van der Waals surface area contributed by atoms with E-state index in [1.807, 2.05) is 0 Å². The molecule has 3 nitrogen and oxygen atoms in total. The Morgan fingerprint density at radius 1 is 1.12 bits per heavy atom. The molecule has 0 aromatic heterocycles. The predicted molar refractivity (Wildman–Crippen MR) is 116 cm³/mol. The molecule has 1 atom stereocenters. The minimum Gasteiger partial charge on any atom is -0.481 e. The van der Waals surface area contributed by atoms with Crippen LogP contribution in [0.4, 0.5) is 0 Å². The van der Waals surface area contributed by atoms with Crippen molar-refractivity contribution in [3.8, 4) is 6.07 Å². The summed E-state index contributed by atoms with van der Waals surface area (Å²) in [7, 11) is 0. The lowest BCUT2D eigenvalue weighted by Gasteiger charge is -2.24. The quantitative estimate of drug-likeness (QED) is 0.181. The predicted octanol–water partition coefficient (Wildman–Crippen LogP) is 6.27. The Morgan fingerprint density at radius 3 is 2.08 bits per heavy atom. The summed E-state index contributed by atoms with van der Waals surface area (Å²) < 4.78 is 0.599. The topological polar surface area (TPSA) is 61.1 Å². The van der Waals surface area contributed by atoms with Crippen LogP contribution < -0.4 is 0 Å². The first kappa shape index (κ1) is 24.8. The first-order valence-electron chi connectivity index (χ1n) is 9.43. The summed E-state index contributed by atoms with van der Waals surface area (Å²) in [5.41, 5.74) is -0.903. The zero-order chi connectivity index (χ0) is 19.0. The molecule has 0 saturated heterocycles. The van der Waals surface area contributed by atoms with Gasteiger partial charge in [-0.05, 0) is 18.6 Å². The molecule has 1 N–H and O–H groups in total. The maximum atomic E-state index is 10.8. The monoisotopic (exact) mass is 403 g/mol. The highest BCUT2D eigenvalue weighted by Crippen LogP contribution is 2.33. The van der Waals surface area contributed by atoms with Gasteiger partial charge in [0, 0.05) is 12.2 Å². The van der Waals surface area contributed by atoms with E-state index in [1.165, 1.54) is 69.5 Å². The van der Waals surface area contributed by atoms with Crippen molar-refractivity contribution in [3.63, 3.8) is 0 Å². The van der Waals surface area contributed by atoms with E-state index >= 15 is 0 Å². The van der Waals surface area contributed by atoms with Crippen molar-refractivity contribution in [3.05, 3.63) is 0 Å². The highest BCUT2D eigenvalue weighted by molar-refractivity contribution is 8.23. The summed E-state index contributed by atoms with van der Waals surface area (Å²) in [6.45, 7) is 2.24. The molecule has 0 aliphatic rings. The van der Waals surface area contributed by atoms with Gasteiger partial charge < -0.3 is 5.11 Å². The van der Waals surface area contributed by atoms with E-state index in [1.54, 1.807) is 0 Å². The van der Waals surface area contributed by atoms with Crippen LogP contribution in [0.5, 0.6) is 0 Å². The molecule has 0 radical (unpaired) electrons. The second-order valence-corrected chi connectivity index (χ2v) is 8.65.